The van der Waals surface area contributed by atoms with Crippen LogP contribution in [0, 0.1) is 6.92 Å². The van der Waals surface area contributed by atoms with Crippen LogP contribution in [0.1, 0.15) is 11.1 Å². The van der Waals surface area contributed by atoms with Crippen molar-refractivity contribution in [1.29, 1.82) is 0 Å². The van der Waals surface area contributed by atoms with E-state index in [-0.39, 0.29) is 5.56 Å². The van der Waals surface area contributed by atoms with Gasteiger partial charge in [0.15, 0.2) is 5.16 Å². The van der Waals surface area contributed by atoms with Gasteiger partial charge in [-0.1, -0.05) is 71.9 Å². The van der Waals surface area contributed by atoms with Crippen molar-refractivity contribution >= 4 is 45.3 Å². The molecular weight excluding hydrogens is 414 g/mol. The van der Waals surface area contributed by atoms with Crippen molar-refractivity contribution in [2.24, 2.45) is 0 Å². The van der Waals surface area contributed by atoms with Gasteiger partial charge in [0.05, 0.1) is 5.69 Å². The number of fused-ring (bicyclic) bond motifs is 3. The third kappa shape index (κ3) is 3.30. The number of hydrogen-bond donors (Lipinski definition) is 1. The van der Waals surface area contributed by atoms with Crippen LogP contribution in [0.2, 0.25) is 5.02 Å². The first-order valence-electron chi connectivity index (χ1n) is 9.58. The Labute approximate surface area is 182 Å². The number of hydrogen-bond acceptors (Lipinski definition) is 3. The first-order valence-corrected chi connectivity index (χ1v) is 10.9. The second kappa shape index (κ2) is 7.67. The Morgan fingerprint density at radius 2 is 1.83 bits per heavy atom. The lowest BCUT2D eigenvalue weighted by atomic mass is 10.1. The third-order valence-electron chi connectivity index (χ3n) is 5.18. The first kappa shape index (κ1) is 19.0. The molecule has 2 aromatic heterocycles. The van der Waals surface area contributed by atoms with E-state index in [2.05, 4.69) is 24.0 Å². The summed E-state index contributed by atoms with van der Waals surface area (Å²) in [5.74, 6) is 0.716. The number of benzene rings is 3. The summed E-state index contributed by atoms with van der Waals surface area (Å²) in [6.45, 7) is 2.09. The minimum Gasteiger partial charge on any atom is -0.349 e. The number of H-pyrrole nitrogens is 1. The van der Waals surface area contributed by atoms with E-state index in [1.54, 1.807) is 28.5 Å². The summed E-state index contributed by atoms with van der Waals surface area (Å²) in [6, 6.07) is 23.4. The Kier molecular flexibility index (Phi) is 4.85. The second-order valence-electron chi connectivity index (χ2n) is 7.12. The molecule has 0 fully saturated rings. The SMILES string of the molecule is Cc1ccccc1CSc1nc2c([nH]c3ccccc32)c(=O)n1-c1cccc(Cl)c1. The van der Waals surface area contributed by atoms with Crippen molar-refractivity contribution in [1.82, 2.24) is 14.5 Å². The predicted molar refractivity (Wildman–Crippen MR) is 125 cm³/mol. The van der Waals surface area contributed by atoms with Gasteiger partial charge in [0.2, 0.25) is 0 Å². The van der Waals surface area contributed by atoms with Crippen LogP contribution >= 0.6 is 23.4 Å². The molecule has 0 unspecified atom stereocenters. The number of rotatable bonds is 4. The Morgan fingerprint density at radius 1 is 1.03 bits per heavy atom. The molecule has 0 saturated heterocycles. The number of nitrogens with zero attached hydrogens (tertiary/aromatic N) is 2. The number of nitrogens with one attached hydrogen (secondary N) is 1. The topological polar surface area (TPSA) is 50.7 Å². The van der Waals surface area contributed by atoms with Crippen LogP contribution in [0.4, 0.5) is 0 Å². The molecular formula is C24H18ClN3OS. The van der Waals surface area contributed by atoms with Gasteiger partial charge >= 0.3 is 0 Å². The van der Waals surface area contributed by atoms with Gasteiger partial charge in [0, 0.05) is 21.7 Å². The number of para-hydroxylation sites is 1. The van der Waals surface area contributed by atoms with Gasteiger partial charge in [-0.2, -0.15) is 0 Å². The number of halogens is 1. The van der Waals surface area contributed by atoms with E-state index in [0.29, 0.717) is 32.7 Å². The summed E-state index contributed by atoms with van der Waals surface area (Å²) in [5, 5.41) is 2.16. The van der Waals surface area contributed by atoms with Crippen LogP contribution in [0.5, 0.6) is 0 Å². The molecule has 0 bridgehead atoms. The average molecular weight is 432 g/mol. The third-order valence-corrected chi connectivity index (χ3v) is 6.40. The van der Waals surface area contributed by atoms with E-state index in [0.717, 1.165) is 10.9 Å². The van der Waals surface area contributed by atoms with Gasteiger partial charge in [-0.05, 0) is 42.3 Å². The highest BCUT2D eigenvalue weighted by Gasteiger charge is 2.17. The molecule has 1 N–H and O–H groups in total. The quantitative estimate of drug-likeness (QED) is 0.275. The minimum atomic E-state index is -0.134. The molecule has 0 aliphatic rings. The van der Waals surface area contributed by atoms with E-state index < -0.39 is 0 Å². The van der Waals surface area contributed by atoms with Gasteiger partial charge in [-0.25, -0.2) is 4.98 Å². The molecule has 148 valence electrons. The van der Waals surface area contributed by atoms with Crippen molar-refractivity contribution in [3.63, 3.8) is 0 Å². The highest BCUT2D eigenvalue weighted by atomic mass is 35.5. The van der Waals surface area contributed by atoms with Gasteiger partial charge in [0.1, 0.15) is 11.0 Å². The monoisotopic (exact) mass is 431 g/mol. The fourth-order valence-electron chi connectivity index (χ4n) is 3.60. The maximum atomic E-state index is 13.5. The predicted octanol–water partition coefficient (Wildman–Crippen LogP) is 6.12. The molecule has 30 heavy (non-hydrogen) atoms. The molecule has 5 rings (SSSR count). The number of aryl methyl sites for hydroxylation is 1. The molecule has 0 spiro atoms. The lowest BCUT2D eigenvalue weighted by Crippen LogP contribution is -2.21. The number of thioether (sulfide) groups is 1. The Bertz CT molecular complexity index is 1450. The van der Waals surface area contributed by atoms with E-state index >= 15 is 0 Å². The maximum Gasteiger partial charge on any atom is 0.283 e. The molecule has 0 aliphatic carbocycles. The standard InChI is InChI=1S/C24H18ClN3OS/c1-15-7-2-3-8-16(15)14-30-24-27-21-19-11-4-5-12-20(19)26-22(21)23(29)28(24)18-10-6-9-17(25)13-18/h2-13,26H,14H2,1H3. The molecule has 3 aromatic carbocycles. The van der Waals surface area contributed by atoms with Crippen LogP contribution in [0.15, 0.2) is 82.7 Å². The van der Waals surface area contributed by atoms with Crippen LogP contribution < -0.4 is 5.56 Å². The van der Waals surface area contributed by atoms with Crippen molar-refractivity contribution in [2.75, 3.05) is 0 Å². The Balaban J connectivity index is 1.73. The summed E-state index contributed by atoms with van der Waals surface area (Å²) in [7, 11) is 0. The second-order valence-corrected chi connectivity index (χ2v) is 8.50. The largest absolute Gasteiger partial charge is 0.349 e. The summed E-state index contributed by atoms with van der Waals surface area (Å²) in [5.41, 5.74) is 5.09. The van der Waals surface area contributed by atoms with Crippen molar-refractivity contribution in [3.05, 3.63) is 99.3 Å². The van der Waals surface area contributed by atoms with Gasteiger partial charge in [-0.3, -0.25) is 9.36 Å². The molecule has 0 atom stereocenters. The summed E-state index contributed by atoms with van der Waals surface area (Å²) >= 11 is 7.78. The zero-order chi connectivity index (χ0) is 20.7. The van der Waals surface area contributed by atoms with Gasteiger partial charge in [0.25, 0.3) is 5.56 Å². The Morgan fingerprint density at radius 3 is 2.67 bits per heavy atom. The van der Waals surface area contributed by atoms with Crippen molar-refractivity contribution in [3.8, 4) is 5.69 Å². The van der Waals surface area contributed by atoms with Crippen LogP contribution in [-0.2, 0) is 5.75 Å². The lowest BCUT2D eigenvalue weighted by Gasteiger charge is -2.13. The molecule has 4 nitrogen and oxygen atoms in total. The van der Waals surface area contributed by atoms with Crippen molar-refractivity contribution < 1.29 is 0 Å². The highest BCUT2D eigenvalue weighted by Crippen LogP contribution is 2.29. The van der Waals surface area contributed by atoms with Crippen LogP contribution in [0.25, 0.3) is 27.6 Å². The maximum absolute atomic E-state index is 13.5. The van der Waals surface area contributed by atoms with Gasteiger partial charge in [-0.15, -0.1) is 0 Å². The average Bonchev–Trinajstić information content (AvgIpc) is 3.12. The van der Waals surface area contributed by atoms with Gasteiger partial charge < -0.3 is 4.98 Å². The first-order chi connectivity index (χ1) is 14.6. The number of aromatic nitrogens is 3. The lowest BCUT2D eigenvalue weighted by molar-refractivity contribution is 0.818. The zero-order valence-corrected chi connectivity index (χ0v) is 17.8. The summed E-state index contributed by atoms with van der Waals surface area (Å²) < 4.78 is 1.65. The van der Waals surface area contributed by atoms with E-state index in [9.17, 15) is 4.79 Å². The number of aromatic amines is 1. The fraction of sp³-hybridized carbons (Fsp3) is 0.0833. The molecule has 6 heteroatoms. The molecule has 0 amide bonds. The summed E-state index contributed by atoms with van der Waals surface area (Å²) in [6.07, 6.45) is 0. The summed E-state index contributed by atoms with van der Waals surface area (Å²) in [4.78, 5) is 21.7. The highest BCUT2D eigenvalue weighted by molar-refractivity contribution is 7.98. The van der Waals surface area contributed by atoms with E-state index in [1.807, 2.05) is 48.5 Å². The molecule has 0 saturated carbocycles. The molecule has 0 radical (unpaired) electrons. The zero-order valence-electron chi connectivity index (χ0n) is 16.2. The van der Waals surface area contributed by atoms with E-state index in [1.165, 1.54) is 11.1 Å². The van der Waals surface area contributed by atoms with Crippen LogP contribution in [0.3, 0.4) is 0 Å². The normalized spacial score (nSPS) is 11.4. The Hall–Kier alpha value is -3.02. The molecule has 5 aromatic rings. The molecule has 0 aliphatic heterocycles. The molecule has 2 heterocycles. The van der Waals surface area contributed by atoms with Crippen LogP contribution in [-0.4, -0.2) is 14.5 Å². The fourth-order valence-corrected chi connectivity index (χ4v) is 4.86. The van der Waals surface area contributed by atoms with Crippen molar-refractivity contribution in [2.45, 2.75) is 17.8 Å². The smallest absolute Gasteiger partial charge is 0.283 e. The minimum absolute atomic E-state index is 0.134. The van der Waals surface area contributed by atoms with E-state index in [4.69, 9.17) is 16.6 Å².